The zero-order valence-electron chi connectivity index (χ0n) is 40.3. The Hall–Kier alpha value is -6.56. The molecule has 4 nitrogen and oxygen atoms in total. The predicted octanol–water partition coefficient (Wildman–Crippen LogP) is 16.4. The molecule has 0 saturated carbocycles. The number of rotatable bonds is 10. The van der Waals surface area contributed by atoms with Gasteiger partial charge >= 0.3 is 0 Å². The average molecular weight is 1080 g/mol. The average Bonchev–Trinajstić information content (AvgIpc) is 3.75. The Morgan fingerprint density at radius 1 is 0.456 bits per heavy atom. The van der Waals surface area contributed by atoms with E-state index in [9.17, 15) is 0 Å². The maximum atomic E-state index is 6.41. The monoisotopic (exact) mass is 1080 g/mol. The first-order valence-corrected chi connectivity index (χ1v) is 27.1. The molecule has 0 spiro atoms. The molecule has 0 atom stereocenters. The van der Waals surface area contributed by atoms with Crippen molar-refractivity contribution >= 4 is 35.2 Å². The van der Waals surface area contributed by atoms with Gasteiger partial charge in [-0.2, -0.15) is 0 Å². The molecule has 1 radical (unpaired) electrons. The summed E-state index contributed by atoms with van der Waals surface area (Å²) < 4.78 is 6.41. The van der Waals surface area contributed by atoms with Crippen molar-refractivity contribution in [2.45, 2.75) is 60.2 Å². The molecule has 10 rings (SSSR count). The predicted molar refractivity (Wildman–Crippen MR) is 287 cm³/mol. The molecule has 6 heteroatoms. The summed E-state index contributed by atoms with van der Waals surface area (Å²) in [5.74, 6) is 1.36. The SMILES string of the molecule is CC(C)Cc1cc(-c2ccccc2)ncc1[Si](C)(C)C.CC(C)Cc1ccnc(-c2ccccc2)c1.[Ir].c1ccc(-c2ccnc(-c3ccc(-c4ccccc4)c4c3oc3ccccc34)c2)cc1. The number of hydrogen-bond donors (Lipinski definition) is 0. The van der Waals surface area contributed by atoms with Crippen LogP contribution in [0.3, 0.4) is 0 Å². The molecule has 0 N–H and O–H groups in total. The third kappa shape index (κ3) is 12.3. The zero-order valence-corrected chi connectivity index (χ0v) is 43.7. The number of furan rings is 1. The van der Waals surface area contributed by atoms with Gasteiger partial charge in [0, 0.05) is 66.2 Å². The van der Waals surface area contributed by atoms with Crippen LogP contribution in [0, 0.1) is 11.8 Å². The summed E-state index contributed by atoms with van der Waals surface area (Å²) in [7, 11) is -1.33. The van der Waals surface area contributed by atoms with Crippen molar-refractivity contribution in [3.63, 3.8) is 0 Å². The molecule has 10 aromatic rings. The molecule has 0 aliphatic heterocycles. The fraction of sp³-hybridized carbons (Fsp3) is 0.177. The first-order chi connectivity index (χ1) is 32.5. The van der Waals surface area contributed by atoms with Gasteiger partial charge in [-0.15, -0.1) is 0 Å². The fourth-order valence-electron chi connectivity index (χ4n) is 8.66. The summed E-state index contributed by atoms with van der Waals surface area (Å²) in [6, 6.07) is 65.0. The van der Waals surface area contributed by atoms with Crippen molar-refractivity contribution < 1.29 is 24.5 Å². The van der Waals surface area contributed by atoms with E-state index in [4.69, 9.17) is 14.4 Å². The van der Waals surface area contributed by atoms with Gasteiger partial charge in [-0.05, 0) is 106 Å². The molecule has 6 aromatic carbocycles. The molecule has 0 aliphatic rings. The summed E-state index contributed by atoms with van der Waals surface area (Å²) >= 11 is 0. The quantitative estimate of drug-likeness (QED) is 0.128. The van der Waals surface area contributed by atoms with E-state index >= 15 is 0 Å². The second-order valence-corrected chi connectivity index (χ2v) is 24.1. The Morgan fingerprint density at radius 2 is 0.971 bits per heavy atom. The third-order valence-electron chi connectivity index (χ3n) is 11.8. The summed E-state index contributed by atoms with van der Waals surface area (Å²) in [4.78, 5) is 13.8. The van der Waals surface area contributed by atoms with Crippen LogP contribution in [0.4, 0.5) is 0 Å². The Labute approximate surface area is 418 Å². The van der Waals surface area contributed by atoms with Crippen LogP contribution in [0.5, 0.6) is 0 Å². The van der Waals surface area contributed by atoms with Crippen molar-refractivity contribution in [2.24, 2.45) is 11.8 Å². The van der Waals surface area contributed by atoms with E-state index in [2.05, 4.69) is 198 Å². The summed E-state index contributed by atoms with van der Waals surface area (Å²) in [6.07, 6.45) is 8.16. The second kappa shape index (κ2) is 23.0. The van der Waals surface area contributed by atoms with E-state index in [1.54, 1.807) is 0 Å². The third-order valence-corrected chi connectivity index (χ3v) is 13.9. The fourth-order valence-corrected chi connectivity index (χ4v) is 10.3. The number of benzene rings is 6. The van der Waals surface area contributed by atoms with Crippen molar-refractivity contribution in [1.29, 1.82) is 0 Å². The maximum absolute atomic E-state index is 6.41. The molecule has 0 saturated heterocycles. The van der Waals surface area contributed by atoms with E-state index < -0.39 is 8.07 Å². The Kier molecular flexibility index (Phi) is 16.7. The number of fused-ring (bicyclic) bond motifs is 3. The van der Waals surface area contributed by atoms with Crippen molar-refractivity contribution in [2.75, 3.05) is 0 Å². The first-order valence-electron chi connectivity index (χ1n) is 23.6. The molecule has 0 fully saturated rings. The molecule has 0 amide bonds. The van der Waals surface area contributed by atoms with Crippen LogP contribution in [0.25, 0.3) is 78.0 Å². The van der Waals surface area contributed by atoms with Crippen molar-refractivity contribution in [1.82, 2.24) is 15.0 Å². The summed E-state index contributed by atoms with van der Waals surface area (Å²) in [5, 5.41) is 3.76. The molecule has 343 valence electrons. The zero-order chi connectivity index (χ0) is 46.8. The van der Waals surface area contributed by atoms with Gasteiger partial charge in [-0.3, -0.25) is 15.0 Å². The minimum absolute atomic E-state index is 0. The van der Waals surface area contributed by atoms with Gasteiger partial charge in [0.05, 0.1) is 25.2 Å². The molecule has 0 aliphatic carbocycles. The first kappa shape index (κ1) is 49.3. The summed E-state index contributed by atoms with van der Waals surface area (Å²) in [6.45, 7) is 16.3. The van der Waals surface area contributed by atoms with Crippen LogP contribution in [0.15, 0.2) is 211 Å². The molecule has 4 aromatic heterocycles. The van der Waals surface area contributed by atoms with Gasteiger partial charge in [0.1, 0.15) is 11.2 Å². The minimum Gasteiger partial charge on any atom is -0.455 e. The van der Waals surface area contributed by atoms with E-state index in [1.165, 1.54) is 44.1 Å². The van der Waals surface area contributed by atoms with Crippen LogP contribution < -0.4 is 5.19 Å². The smallest absolute Gasteiger partial charge is 0.145 e. The van der Waals surface area contributed by atoms with Crippen LogP contribution in [-0.4, -0.2) is 23.0 Å². The van der Waals surface area contributed by atoms with Gasteiger partial charge in [0.15, 0.2) is 0 Å². The molecule has 0 unspecified atom stereocenters. The molecular weight excluding hydrogens is 1020 g/mol. The van der Waals surface area contributed by atoms with E-state index in [0.717, 1.165) is 63.0 Å². The molecular formula is C62H61IrN3OSi. The summed E-state index contributed by atoms with van der Waals surface area (Å²) in [5.41, 5.74) is 15.8. The molecule has 4 heterocycles. The Morgan fingerprint density at radius 3 is 1.57 bits per heavy atom. The van der Waals surface area contributed by atoms with Crippen molar-refractivity contribution in [3.8, 4) is 56.0 Å². The number of hydrogen-bond acceptors (Lipinski definition) is 4. The van der Waals surface area contributed by atoms with Gasteiger partial charge in [0.2, 0.25) is 0 Å². The molecule has 68 heavy (non-hydrogen) atoms. The van der Waals surface area contributed by atoms with Crippen LogP contribution >= 0.6 is 0 Å². The second-order valence-electron chi connectivity index (χ2n) is 19.1. The number of nitrogens with zero attached hydrogens (tertiary/aromatic N) is 3. The Balaban J connectivity index is 0.000000161. The minimum atomic E-state index is -1.33. The molecule has 0 bridgehead atoms. The van der Waals surface area contributed by atoms with Gasteiger partial charge in [-0.1, -0.05) is 193 Å². The standard InChI is InChI=1S/C29H19NO.C18H25NSi.C15H17N.Ir/c1-3-9-20(10-4-1)22-17-18-30-26(19-22)24-16-15-23(21-11-5-2-6-12-21)28-25-13-7-8-14-27(25)31-29(24)28;1-14(2)11-16-12-17(15-9-7-6-8-10-15)19-13-18(16)20(3,4)5;1-12(2)10-13-8-9-16-15(11-13)14-6-4-3-5-7-14;/h1-19H;6-10,12-14H,11H2,1-5H3;3-9,11-12H,10H2,1-2H3;. The normalized spacial score (nSPS) is 11.1. The van der Waals surface area contributed by atoms with Gasteiger partial charge in [-0.25, -0.2) is 0 Å². The maximum Gasteiger partial charge on any atom is 0.145 e. The van der Waals surface area contributed by atoms with Crippen LogP contribution in [0.1, 0.15) is 38.8 Å². The van der Waals surface area contributed by atoms with Gasteiger partial charge < -0.3 is 4.42 Å². The van der Waals surface area contributed by atoms with Crippen molar-refractivity contribution in [3.05, 3.63) is 218 Å². The Bertz CT molecular complexity index is 3160. The van der Waals surface area contributed by atoms with E-state index in [1.807, 2.05) is 60.9 Å². The van der Waals surface area contributed by atoms with Crippen LogP contribution in [0.2, 0.25) is 19.6 Å². The van der Waals surface area contributed by atoms with Gasteiger partial charge in [0.25, 0.3) is 0 Å². The topological polar surface area (TPSA) is 51.8 Å². The largest absolute Gasteiger partial charge is 0.455 e. The number of aromatic nitrogens is 3. The van der Waals surface area contributed by atoms with E-state index in [0.29, 0.717) is 11.8 Å². The number of pyridine rings is 3. The van der Waals surface area contributed by atoms with E-state index in [-0.39, 0.29) is 20.1 Å². The van der Waals surface area contributed by atoms with Crippen LogP contribution in [-0.2, 0) is 32.9 Å². The number of para-hydroxylation sites is 1.